The lowest BCUT2D eigenvalue weighted by Crippen LogP contribution is -2.10. The van der Waals surface area contributed by atoms with Gasteiger partial charge >= 0.3 is 0 Å². The molecule has 0 aliphatic rings. The van der Waals surface area contributed by atoms with Gasteiger partial charge in [-0.15, -0.1) is 0 Å². The maximum Gasteiger partial charge on any atom is 0.164 e. The van der Waals surface area contributed by atoms with E-state index in [9.17, 15) is 0 Å². The van der Waals surface area contributed by atoms with Gasteiger partial charge in [0.1, 0.15) is 22.3 Å². The van der Waals surface area contributed by atoms with Gasteiger partial charge < -0.3 is 13.7 Å². The van der Waals surface area contributed by atoms with Gasteiger partial charge in [-0.3, -0.25) is 0 Å². The van der Waals surface area contributed by atoms with Crippen molar-refractivity contribution in [2.75, 3.05) is 4.90 Å². The van der Waals surface area contributed by atoms with Crippen molar-refractivity contribution in [2.24, 2.45) is 0 Å². The highest BCUT2D eigenvalue weighted by molar-refractivity contribution is 6.15. The lowest BCUT2D eigenvalue weighted by molar-refractivity contribution is 0.669. The molecule has 9 aromatic carbocycles. The van der Waals surface area contributed by atoms with Crippen molar-refractivity contribution in [3.63, 3.8) is 0 Å². The molecule has 0 amide bonds. The van der Waals surface area contributed by atoms with E-state index < -0.39 is 0 Å². The number of nitrogens with zero attached hydrogens (tertiary/aromatic N) is 4. The summed E-state index contributed by atoms with van der Waals surface area (Å²) in [5.74, 6) is 1.77. The van der Waals surface area contributed by atoms with E-state index in [-0.39, 0.29) is 0 Å². The van der Waals surface area contributed by atoms with Crippen molar-refractivity contribution in [3.05, 3.63) is 218 Å². The lowest BCUT2D eigenvalue weighted by Gasteiger charge is -2.26. The summed E-state index contributed by atoms with van der Waals surface area (Å²) in [5, 5.41) is 4.00. The topological polar surface area (TPSA) is 68.2 Å². The molecule has 0 bridgehead atoms. The number of hydrogen-bond donors (Lipinski definition) is 0. The number of benzene rings is 9. The molecule has 3 heterocycles. The molecule has 0 N–H and O–H groups in total. The first-order chi connectivity index (χ1) is 31.2. The number of para-hydroxylation sites is 1. The van der Waals surface area contributed by atoms with Crippen LogP contribution in [0.15, 0.2) is 227 Å². The Bertz CT molecular complexity index is 3620. The molecule has 12 rings (SSSR count). The zero-order valence-corrected chi connectivity index (χ0v) is 33.9. The van der Waals surface area contributed by atoms with E-state index in [1.807, 2.05) is 72.8 Å². The van der Waals surface area contributed by atoms with Gasteiger partial charge in [0.2, 0.25) is 0 Å². The van der Waals surface area contributed by atoms with E-state index in [4.69, 9.17) is 23.8 Å². The quantitative estimate of drug-likeness (QED) is 0.152. The van der Waals surface area contributed by atoms with Crippen molar-refractivity contribution in [1.29, 1.82) is 0 Å². The predicted molar refractivity (Wildman–Crippen MR) is 256 cm³/mol. The molecule has 0 atom stereocenters. The van der Waals surface area contributed by atoms with Crippen LogP contribution in [0.5, 0.6) is 0 Å². The number of hydrogen-bond acceptors (Lipinski definition) is 6. The average Bonchev–Trinajstić information content (AvgIpc) is 3.94. The molecular weight excluding hydrogens is 773 g/mol. The van der Waals surface area contributed by atoms with Gasteiger partial charge in [0.05, 0.1) is 11.1 Å². The van der Waals surface area contributed by atoms with E-state index in [2.05, 4.69) is 150 Å². The Morgan fingerprint density at radius 1 is 0.302 bits per heavy atom. The first-order valence-corrected chi connectivity index (χ1v) is 21.0. The van der Waals surface area contributed by atoms with E-state index in [0.717, 1.165) is 94.3 Å². The standard InChI is InChI=1S/C57H36N4O2/c1-4-15-37(16-5-1)39-29-31-43(32-30-39)61(48-25-14-28-51-54(48)45-23-10-11-26-49(45)62-51)44-33-34-46-52(36-44)63-50-27-13-24-47(53(46)50)57-59-55(40-19-8-3-9-20-40)58-56(60-57)42-22-12-21-41(35-42)38-17-6-2-7-18-38/h1-36H. The maximum absolute atomic E-state index is 6.77. The summed E-state index contributed by atoms with van der Waals surface area (Å²) >= 11 is 0. The van der Waals surface area contributed by atoms with Gasteiger partial charge in [-0.2, -0.15) is 0 Å². The van der Waals surface area contributed by atoms with Gasteiger partial charge in [-0.1, -0.05) is 158 Å². The summed E-state index contributed by atoms with van der Waals surface area (Å²) in [5.41, 5.74) is 13.3. The van der Waals surface area contributed by atoms with Crippen LogP contribution >= 0.6 is 0 Å². The van der Waals surface area contributed by atoms with E-state index in [0.29, 0.717) is 17.5 Å². The van der Waals surface area contributed by atoms with E-state index in [1.54, 1.807) is 0 Å². The van der Waals surface area contributed by atoms with Crippen LogP contribution in [0.4, 0.5) is 17.1 Å². The number of anilines is 3. The number of furan rings is 2. The number of rotatable bonds is 8. The van der Waals surface area contributed by atoms with E-state index in [1.165, 1.54) is 5.56 Å². The van der Waals surface area contributed by atoms with Crippen LogP contribution < -0.4 is 4.90 Å². The SMILES string of the molecule is c1ccc(-c2ccc(N(c3ccc4c(c3)oc3cccc(-c5nc(-c6ccccc6)nc(-c6cccc(-c7ccccc7)c6)n5)c34)c3cccc4oc5ccccc5c34)cc2)cc1. The van der Waals surface area contributed by atoms with Gasteiger partial charge in [0.15, 0.2) is 17.5 Å². The van der Waals surface area contributed by atoms with Crippen LogP contribution in [0, 0.1) is 0 Å². The molecule has 0 spiro atoms. The molecule has 12 aromatic rings. The zero-order valence-electron chi connectivity index (χ0n) is 33.9. The molecule has 296 valence electrons. The normalized spacial score (nSPS) is 11.5. The van der Waals surface area contributed by atoms with Crippen LogP contribution in [-0.4, -0.2) is 15.0 Å². The second-order valence-corrected chi connectivity index (χ2v) is 15.6. The second-order valence-electron chi connectivity index (χ2n) is 15.6. The van der Waals surface area contributed by atoms with Crippen molar-refractivity contribution < 1.29 is 8.83 Å². The summed E-state index contributed by atoms with van der Waals surface area (Å²) in [4.78, 5) is 17.7. The van der Waals surface area contributed by atoms with E-state index >= 15 is 0 Å². The van der Waals surface area contributed by atoms with Crippen LogP contribution in [-0.2, 0) is 0 Å². The highest BCUT2D eigenvalue weighted by Crippen LogP contribution is 2.45. The monoisotopic (exact) mass is 808 g/mol. The van der Waals surface area contributed by atoms with Gasteiger partial charge in [-0.05, 0) is 76.9 Å². The van der Waals surface area contributed by atoms with Crippen molar-refractivity contribution in [1.82, 2.24) is 15.0 Å². The molecule has 0 unspecified atom stereocenters. The van der Waals surface area contributed by atoms with Crippen LogP contribution in [0.2, 0.25) is 0 Å². The third-order valence-corrected chi connectivity index (χ3v) is 11.7. The Morgan fingerprint density at radius 3 is 1.57 bits per heavy atom. The third-order valence-electron chi connectivity index (χ3n) is 11.7. The smallest absolute Gasteiger partial charge is 0.164 e. The Balaban J connectivity index is 1.02. The minimum Gasteiger partial charge on any atom is -0.456 e. The molecule has 3 aromatic heterocycles. The largest absolute Gasteiger partial charge is 0.456 e. The molecule has 0 fully saturated rings. The summed E-state index contributed by atoms with van der Waals surface area (Å²) in [6, 6.07) is 75.1. The summed E-state index contributed by atoms with van der Waals surface area (Å²) in [7, 11) is 0. The predicted octanol–water partition coefficient (Wildman–Crippen LogP) is 15.5. The van der Waals surface area contributed by atoms with Gasteiger partial charge in [0.25, 0.3) is 0 Å². The summed E-state index contributed by atoms with van der Waals surface area (Å²) in [6.07, 6.45) is 0. The first-order valence-electron chi connectivity index (χ1n) is 21.0. The average molecular weight is 809 g/mol. The van der Waals surface area contributed by atoms with Gasteiger partial charge in [0, 0.05) is 50.3 Å². The van der Waals surface area contributed by atoms with Crippen LogP contribution in [0.3, 0.4) is 0 Å². The minimum atomic E-state index is 0.569. The molecule has 0 aliphatic carbocycles. The van der Waals surface area contributed by atoms with Crippen molar-refractivity contribution in [3.8, 4) is 56.4 Å². The Labute approximate surface area is 363 Å². The molecule has 6 heteroatoms. The van der Waals surface area contributed by atoms with Crippen LogP contribution in [0.1, 0.15) is 0 Å². The molecular formula is C57H36N4O2. The molecule has 63 heavy (non-hydrogen) atoms. The molecule has 6 nitrogen and oxygen atoms in total. The first kappa shape index (κ1) is 36.3. The Morgan fingerprint density at radius 2 is 0.810 bits per heavy atom. The Kier molecular flexibility index (Phi) is 8.71. The highest BCUT2D eigenvalue weighted by Gasteiger charge is 2.23. The van der Waals surface area contributed by atoms with Crippen molar-refractivity contribution >= 4 is 60.9 Å². The highest BCUT2D eigenvalue weighted by atomic mass is 16.3. The molecule has 0 saturated carbocycles. The molecule has 0 aliphatic heterocycles. The fourth-order valence-electron chi connectivity index (χ4n) is 8.75. The maximum atomic E-state index is 6.77. The minimum absolute atomic E-state index is 0.569. The number of aromatic nitrogens is 3. The summed E-state index contributed by atoms with van der Waals surface area (Å²) in [6.45, 7) is 0. The van der Waals surface area contributed by atoms with Crippen molar-refractivity contribution in [2.45, 2.75) is 0 Å². The Hall–Kier alpha value is -8.61. The number of fused-ring (bicyclic) bond motifs is 6. The van der Waals surface area contributed by atoms with Gasteiger partial charge in [-0.25, -0.2) is 15.0 Å². The van der Waals surface area contributed by atoms with Crippen LogP contribution in [0.25, 0.3) is 100 Å². The third kappa shape index (κ3) is 6.49. The summed E-state index contributed by atoms with van der Waals surface area (Å²) < 4.78 is 13.2. The zero-order chi connectivity index (χ0) is 41.7. The second kappa shape index (κ2) is 15.1. The molecule has 0 radical (unpaired) electrons. The molecule has 0 saturated heterocycles. The lowest BCUT2D eigenvalue weighted by atomic mass is 10.0. The fourth-order valence-corrected chi connectivity index (χ4v) is 8.75. The fraction of sp³-hybridized carbons (Fsp3) is 0.